The van der Waals surface area contributed by atoms with Gasteiger partial charge in [-0.1, -0.05) is 83.9 Å². The summed E-state index contributed by atoms with van der Waals surface area (Å²) in [5, 5.41) is 0. The number of allylic oxidation sites excluding steroid dienone is 3. The van der Waals surface area contributed by atoms with E-state index in [0.29, 0.717) is 5.69 Å². The fourth-order valence-corrected chi connectivity index (χ4v) is 6.23. The summed E-state index contributed by atoms with van der Waals surface area (Å²) in [6.45, 7) is 4.12. The van der Waals surface area contributed by atoms with Crippen LogP contribution in [-0.4, -0.2) is 24.9 Å². The fraction of sp³-hybridized carbons (Fsp3) is 0.219. The SMILES string of the molecule is COC(=O)c1ccccc1N1C(=O)[C@@H]2[C@@H](C1=O)[C@H]1C=C[C@H]2C1=C(c1ccc(C)cc1)c1ccc(C)cc1. The number of hydrogen-bond donors (Lipinski definition) is 0. The van der Waals surface area contributed by atoms with Crippen molar-refractivity contribution in [3.63, 3.8) is 0 Å². The monoisotopic (exact) mass is 489 g/mol. The second-order valence-corrected chi connectivity index (χ2v) is 10.1. The molecule has 5 nitrogen and oxygen atoms in total. The molecule has 2 bridgehead atoms. The zero-order chi connectivity index (χ0) is 25.8. The maximum Gasteiger partial charge on any atom is 0.339 e. The Morgan fingerprint density at radius 1 is 0.730 bits per heavy atom. The van der Waals surface area contributed by atoms with Crippen LogP contribution in [0.1, 0.15) is 32.6 Å². The number of amides is 2. The summed E-state index contributed by atoms with van der Waals surface area (Å²) in [4.78, 5) is 41.4. The maximum absolute atomic E-state index is 13.9. The van der Waals surface area contributed by atoms with Crippen molar-refractivity contribution >= 4 is 29.0 Å². The molecule has 5 heteroatoms. The number of benzene rings is 3. The van der Waals surface area contributed by atoms with Crippen molar-refractivity contribution in [2.75, 3.05) is 12.0 Å². The number of anilines is 1. The molecule has 6 rings (SSSR count). The summed E-state index contributed by atoms with van der Waals surface area (Å²) in [6, 6.07) is 23.5. The second kappa shape index (κ2) is 8.70. The molecule has 37 heavy (non-hydrogen) atoms. The molecule has 3 aromatic carbocycles. The van der Waals surface area contributed by atoms with Gasteiger partial charge in [0.25, 0.3) is 0 Å². The number of carbonyl (C=O) groups excluding carboxylic acids is 3. The van der Waals surface area contributed by atoms with E-state index >= 15 is 0 Å². The van der Waals surface area contributed by atoms with E-state index in [2.05, 4.69) is 74.5 Å². The van der Waals surface area contributed by atoms with E-state index in [4.69, 9.17) is 4.74 Å². The summed E-state index contributed by atoms with van der Waals surface area (Å²) in [5.74, 6) is -2.43. The number of hydrogen-bond acceptors (Lipinski definition) is 4. The number of imide groups is 1. The van der Waals surface area contributed by atoms with Crippen molar-refractivity contribution in [2.24, 2.45) is 23.7 Å². The lowest BCUT2D eigenvalue weighted by atomic mass is 9.85. The highest BCUT2D eigenvalue weighted by atomic mass is 16.5. The Hall–Kier alpha value is -4.25. The van der Waals surface area contributed by atoms with Crippen molar-refractivity contribution in [1.82, 2.24) is 0 Å². The van der Waals surface area contributed by atoms with E-state index < -0.39 is 17.8 Å². The summed E-state index contributed by atoms with van der Waals surface area (Å²) >= 11 is 0. The molecule has 2 aliphatic carbocycles. The van der Waals surface area contributed by atoms with Gasteiger partial charge in [0.2, 0.25) is 11.8 Å². The molecule has 3 aliphatic rings. The third-order valence-electron chi connectivity index (χ3n) is 7.94. The summed E-state index contributed by atoms with van der Waals surface area (Å²) < 4.78 is 4.91. The number of esters is 1. The van der Waals surface area contributed by atoms with Crippen LogP contribution in [0, 0.1) is 37.5 Å². The van der Waals surface area contributed by atoms with Gasteiger partial charge in [-0.2, -0.15) is 0 Å². The summed E-state index contributed by atoms with van der Waals surface area (Å²) in [6.07, 6.45) is 4.18. The smallest absolute Gasteiger partial charge is 0.339 e. The predicted molar refractivity (Wildman–Crippen MR) is 142 cm³/mol. The number of fused-ring (bicyclic) bond motifs is 5. The van der Waals surface area contributed by atoms with Crippen LogP contribution in [0.5, 0.6) is 0 Å². The zero-order valence-corrected chi connectivity index (χ0v) is 21.0. The van der Waals surface area contributed by atoms with Crippen molar-refractivity contribution in [1.29, 1.82) is 0 Å². The number of rotatable bonds is 4. The third kappa shape index (κ3) is 3.49. The van der Waals surface area contributed by atoms with Gasteiger partial charge < -0.3 is 4.74 Å². The average molecular weight is 490 g/mol. The van der Waals surface area contributed by atoms with Gasteiger partial charge in [-0.25, -0.2) is 9.69 Å². The molecule has 184 valence electrons. The molecule has 2 fully saturated rings. The molecular formula is C32H27NO4. The van der Waals surface area contributed by atoms with E-state index in [1.165, 1.54) is 23.1 Å². The van der Waals surface area contributed by atoms with Crippen LogP contribution in [0.3, 0.4) is 0 Å². The molecule has 1 aliphatic heterocycles. The second-order valence-electron chi connectivity index (χ2n) is 10.1. The van der Waals surface area contributed by atoms with E-state index in [1.54, 1.807) is 24.3 Å². The van der Waals surface area contributed by atoms with Gasteiger partial charge in [-0.05, 0) is 48.3 Å². The van der Waals surface area contributed by atoms with Gasteiger partial charge >= 0.3 is 5.97 Å². The van der Waals surface area contributed by atoms with Crippen LogP contribution in [0.2, 0.25) is 0 Å². The molecule has 3 aromatic rings. The predicted octanol–water partition coefficient (Wildman–Crippen LogP) is 5.51. The highest BCUT2D eigenvalue weighted by molar-refractivity contribution is 6.25. The molecule has 0 unspecified atom stereocenters. The minimum Gasteiger partial charge on any atom is -0.465 e. The first-order valence-corrected chi connectivity index (χ1v) is 12.5. The van der Waals surface area contributed by atoms with Crippen molar-refractivity contribution in [3.05, 3.63) is 118 Å². The number of methoxy groups -OCH3 is 1. The molecule has 1 saturated carbocycles. The molecule has 0 aromatic heterocycles. The van der Waals surface area contributed by atoms with E-state index in [0.717, 1.165) is 22.3 Å². The Balaban J connectivity index is 1.48. The third-order valence-corrected chi connectivity index (χ3v) is 7.94. The van der Waals surface area contributed by atoms with Gasteiger partial charge in [0, 0.05) is 11.8 Å². The average Bonchev–Trinajstić information content (AvgIpc) is 3.55. The van der Waals surface area contributed by atoms with Crippen molar-refractivity contribution in [3.8, 4) is 0 Å². The largest absolute Gasteiger partial charge is 0.465 e. The van der Waals surface area contributed by atoms with Crippen molar-refractivity contribution in [2.45, 2.75) is 13.8 Å². The minimum atomic E-state index is -0.573. The quantitative estimate of drug-likeness (QED) is 0.275. The van der Waals surface area contributed by atoms with E-state index in [9.17, 15) is 14.4 Å². The normalized spacial score (nSPS) is 23.5. The molecule has 1 heterocycles. The molecule has 0 spiro atoms. The highest BCUT2D eigenvalue weighted by Crippen LogP contribution is 2.59. The van der Waals surface area contributed by atoms with E-state index in [-0.39, 0.29) is 29.2 Å². The Morgan fingerprint density at radius 3 is 1.70 bits per heavy atom. The zero-order valence-electron chi connectivity index (χ0n) is 21.0. The van der Waals surface area contributed by atoms with Gasteiger partial charge in [0.05, 0.1) is 30.2 Å². The Morgan fingerprint density at radius 2 is 1.22 bits per heavy atom. The minimum absolute atomic E-state index is 0.181. The Bertz CT molecular complexity index is 1410. The molecular weight excluding hydrogens is 462 g/mol. The van der Waals surface area contributed by atoms with Crippen LogP contribution in [0.25, 0.3) is 5.57 Å². The molecule has 4 atom stereocenters. The Labute approximate surface area is 216 Å². The maximum atomic E-state index is 13.9. The van der Waals surface area contributed by atoms with Crippen LogP contribution >= 0.6 is 0 Å². The van der Waals surface area contributed by atoms with Crippen LogP contribution in [0.15, 0.2) is 90.5 Å². The van der Waals surface area contributed by atoms with Gasteiger partial charge in [0.15, 0.2) is 0 Å². The van der Waals surface area contributed by atoms with Crippen LogP contribution in [-0.2, 0) is 14.3 Å². The van der Waals surface area contributed by atoms with Gasteiger partial charge in [-0.15, -0.1) is 0 Å². The lowest BCUT2D eigenvalue weighted by Crippen LogP contribution is -2.34. The van der Waals surface area contributed by atoms with E-state index in [1.807, 2.05) is 0 Å². The number of carbonyl (C=O) groups is 3. The standard InChI is InChI=1S/C32H27NO4/c1-18-8-12-20(13-9-18)26(21-14-10-19(2)11-15-21)27-23-16-17-24(27)29-28(23)30(34)33(31(29)35)25-7-5-4-6-22(25)32(36)37-3/h4-17,23-24,28-29H,1-3H3/t23-,24-,28-,29-/m0/s1. The lowest BCUT2D eigenvalue weighted by Gasteiger charge is -2.22. The molecule has 0 N–H and O–H groups in total. The summed E-state index contributed by atoms with van der Waals surface area (Å²) in [7, 11) is 1.29. The number of ether oxygens (including phenoxy) is 1. The Kier molecular flexibility index (Phi) is 5.45. The molecule has 0 radical (unpaired) electrons. The van der Waals surface area contributed by atoms with Crippen LogP contribution < -0.4 is 4.90 Å². The van der Waals surface area contributed by atoms with Gasteiger partial charge in [0.1, 0.15) is 0 Å². The highest BCUT2D eigenvalue weighted by Gasteiger charge is 2.62. The van der Waals surface area contributed by atoms with Crippen molar-refractivity contribution < 1.29 is 19.1 Å². The lowest BCUT2D eigenvalue weighted by molar-refractivity contribution is -0.122. The fourth-order valence-electron chi connectivity index (χ4n) is 6.23. The number of aryl methyl sites for hydroxylation is 2. The first-order valence-electron chi connectivity index (χ1n) is 12.5. The number of nitrogens with zero attached hydrogens (tertiary/aromatic N) is 1. The van der Waals surface area contributed by atoms with Crippen LogP contribution in [0.4, 0.5) is 5.69 Å². The first-order chi connectivity index (χ1) is 17.9. The topological polar surface area (TPSA) is 63.7 Å². The molecule has 1 saturated heterocycles. The van der Waals surface area contributed by atoms with Gasteiger partial charge in [-0.3, -0.25) is 9.59 Å². The first kappa shape index (κ1) is 23.2. The number of para-hydroxylation sites is 1. The molecule has 2 amide bonds. The summed E-state index contributed by atoms with van der Waals surface area (Å²) in [5.41, 5.74) is 7.23.